The Morgan fingerprint density at radius 2 is 1.89 bits per heavy atom. The smallest absolute Gasteiger partial charge is 0.0281 e. The third-order valence-corrected chi connectivity index (χ3v) is 5.31. The molecule has 0 amide bonds. The molecule has 0 bridgehead atoms. The van der Waals surface area contributed by atoms with Gasteiger partial charge in [0.05, 0.1) is 0 Å². The molecule has 2 unspecified atom stereocenters. The highest BCUT2D eigenvalue weighted by molar-refractivity contribution is 4.97. The summed E-state index contributed by atoms with van der Waals surface area (Å²) >= 11 is 0. The third kappa shape index (κ3) is 3.08. The first kappa shape index (κ1) is 14.3. The average Bonchev–Trinajstić information content (AvgIpc) is 2.38. The van der Waals surface area contributed by atoms with Gasteiger partial charge in [0.25, 0.3) is 0 Å². The average molecular weight is 252 g/mol. The van der Waals surface area contributed by atoms with Crippen molar-refractivity contribution < 1.29 is 0 Å². The zero-order valence-electron chi connectivity index (χ0n) is 12.8. The van der Waals surface area contributed by atoms with Gasteiger partial charge in [-0.3, -0.25) is 4.90 Å². The van der Waals surface area contributed by atoms with Gasteiger partial charge in [0.1, 0.15) is 0 Å². The molecule has 2 heteroatoms. The van der Waals surface area contributed by atoms with Crippen molar-refractivity contribution in [3.63, 3.8) is 0 Å². The minimum absolute atomic E-state index is 0.320. The van der Waals surface area contributed by atoms with Crippen LogP contribution in [0.2, 0.25) is 0 Å². The van der Waals surface area contributed by atoms with Gasteiger partial charge in [-0.25, -0.2) is 0 Å². The molecule has 1 saturated heterocycles. The van der Waals surface area contributed by atoms with Crippen LogP contribution in [0.3, 0.4) is 0 Å². The normalized spacial score (nSPS) is 32.3. The van der Waals surface area contributed by atoms with Crippen molar-refractivity contribution in [2.24, 2.45) is 5.92 Å². The first-order valence-electron chi connectivity index (χ1n) is 8.04. The second-order valence-corrected chi connectivity index (χ2v) is 7.11. The summed E-state index contributed by atoms with van der Waals surface area (Å²) in [6, 6.07) is 1.46. The summed E-state index contributed by atoms with van der Waals surface area (Å²) in [6.45, 7) is 11.9. The number of rotatable bonds is 3. The molecule has 1 aliphatic carbocycles. The Balaban J connectivity index is 1.99. The summed E-state index contributed by atoms with van der Waals surface area (Å²) < 4.78 is 0. The van der Waals surface area contributed by atoms with Crippen molar-refractivity contribution >= 4 is 0 Å². The molecule has 106 valence electrons. The Morgan fingerprint density at radius 3 is 2.50 bits per heavy atom. The largest absolute Gasteiger partial charge is 0.311 e. The van der Waals surface area contributed by atoms with Crippen LogP contribution in [0, 0.1) is 5.92 Å². The van der Waals surface area contributed by atoms with E-state index in [1.54, 1.807) is 0 Å². The van der Waals surface area contributed by atoms with Gasteiger partial charge in [-0.1, -0.05) is 26.2 Å². The molecule has 18 heavy (non-hydrogen) atoms. The van der Waals surface area contributed by atoms with Crippen LogP contribution >= 0.6 is 0 Å². The minimum Gasteiger partial charge on any atom is -0.311 e. The standard InChI is InChI=1S/C16H32N2/c1-5-13(2)18-11-15(17-12-16(18,3)4)14-9-7-6-8-10-14/h13-15,17H,5-12H2,1-4H3. The molecule has 0 aromatic carbocycles. The van der Waals surface area contributed by atoms with Crippen molar-refractivity contribution in [3.8, 4) is 0 Å². The monoisotopic (exact) mass is 252 g/mol. The van der Waals surface area contributed by atoms with Crippen LogP contribution in [0.25, 0.3) is 0 Å². The fraction of sp³-hybridized carbons (Fsp3) is 1.00. The van der Waals surface area contributed by atoms with Gasteiger partial charge < -0.3 is 5.32 Å². The topological polar surface area (TPSA) is 15.3 Å². The number of hydrogen-bond acceptors (Lipinski definition) is 2. The zero-order chi connectivity index (χ0) is 13.2. The molecule has 2 nitrogen and oxygen atoms in total. The van der Waals surface area contributed by atoms with Gasteiger partial charge in [-0.2, -0.15) is 0 Å². The van der Waals surface area contributed by atoms with E-state index < -0.39 is 0 Å². The lowest BCUT2D eigenvalue weighted by Crippen LogP contribution is -2.65. The maximum absolute atomic E-state index is 3.85. The molecular formula is C16H32N2. The quantitative estimate of drug-likeness (QED) is 0.828. The van der Waals surface area contributed by atoms with E-state index in [0.29, 0.717) is 11.6 Å². The summed E-state index contributed by atoms with van der Waals surface area (Å²) in [4.78, 5) is 2.75. The van der Waals surface area contributed by atoms with Crippen LogP contribution in [0.15, 0.2) is 0 Å². The molecule has 2 fully saturated rings. The van der Waals surface area contributed by atoms with Crippen LogP contribution in [0.5, 0.6) is 0 Å². The van der Waals surface area contributed by atoms with E-state index in [9.17, 15) is 0 Å². The van der Waals surface area contributed by atoms with E-state index in [0.717, 1.165) is 18.5 Å². The van der Waals surface area contributed by atoms with Gasteiger partial charge >= 0.3 is 0 Å². The number of hydrogen-bond donors (Lipinski definition) is 1. The zero-order valence-corrected chi connectivity index (χ0v) is 12.8. The lowest BCUT2D eigenvalue weighted by atomic mass is 9.81. The van der Waals surface area contributed by atoms with E-state index in [4.69, 9.17) is 0 Å². The Kier molecular flexibility index (Phi) is 4.71. The molecule has 0 radical (unpaired) electrons. The predicted molar refractivity (Wildman–Crippen MR) is 78.9 cm³/mol. The van der Waals surface area contributed by atoms with Crippen molar-refractivity contribution in [2.75, 3.05) is 13.1 Å². The third-order valence-electron chi connectivity index (χ3n) is 5.31. The Bertz CT molecular complexity index is 256. The van der Waals surface area contributed by atoms with Crippen LogP contribution in [-0.4, -0.2) is 35.6 Å². The lowest BCUT2D eigenvalue weighted by Gasteiger charge is -2.51. The van der Waals surface area contributed by atoms with E-state index in [-0.39, 0.29) is 0 Å². The van der Waals surface area contributed by atoms with Gasteiger partial charge in [-0.15, -0.1) is 0 Å². The second-order valence-electron chi connectivity index (χ2n) is 7.11. The number of nitrogens with zero attached hydrogens (tertiary/aromatic N) is 1. The van der Waals surface area contributed by atoms with Crippen LogP contribution < -0.4 is 5.32 Å². The summed E-state index contributed by atoms with van der Waals surface area (Å²) in [5, 5.41) is 3.85. The van der Waals surface area contributed by atoms with Gasteiger partial charge in [0.2, 0.25) is 0 Å². The van der Waals surface area contributed by atoms with Crippen molar-refractivity contribution in [2.45, 2.75) is 83.8 Å². The van der Waals surface area contributed by atoms with E-state index >= 15 is 0 Å². The van der Waals surface area contributed by atoms with Gasteiger partial charge in [0, 0.05) is 30.7 Å². The maximum Gasteiger partial charge on any atom is 0.0281 e. The first-order valence-corrected chi connectivity index (χ1v) is 8.04. The highest BCUT2D eigenvalue weighted by atomic mass is 15.3. The summed E-state index contributed by atoms with van der Waals surface area (Å²) in [7, 11) is 0. The molecule has 1 N–H and O–H groups in total. The SMILES string of the molecule is CCC(C)N1CC(C2CCCCC2)NCC1(C)C. The second kappa shape index (κ2) is 5.92. The fourth-order valence-corrected chi connectivity index (χ4v) is 3.86. The first-order chi connectivity index (χ1) is 8.54. The van der Waals surface area contributed by atoms with Crippen molar-refractivity contribution in [3.05, 3.63) is 0 Å². The van der Waals surface area contributed by atoms with E-state index in [1.807, 2.05) is 0 Å². The summed E-state index contributed by atoms with van der Waals surface area (Å²) in [6.07, 6.45) is 8.54. The van der Waals surface area contributed by atoms with Crippen LogP contribution in [0.4, 0.5) is 0 Å². The molecule has 2 atom stereocenters. The van der Waals surface area contributed by atoms with E-state index in [2.05, 4.69) is 37.9 Å². The predicted octanol–water partition coefficient (Wildman–Crippen LogP) is 3.42. The number of piperazine rings is 1. The Morgan fingerprint density at radius 1 is 1.22 bits per heavy atom. The summed E-state index contributed by atoms with van der Waals surface area (Å²) in [5.74, 6) is 0.932. The molecule has 2 rings (SSSR count). The molecule has 1 aliphatic heterocycles. The van der Waals surface area contributed by atoms with Crippen LogP contribution in [-0.2, 0) is 0 Å². The van der Waals surface area contributed by atoms with E-state index in [1.165, 1.54) is 45.1 Å². The molecule has 1 heterocycles. The highest BCUT2D eigenvalue weighted by Crippen LogP contribution is 2.31. The molecule has 0 spiro atoms. The molecule has 0 aromatic heterocycles. The molecule has 2 aliphatic rings. The molecule has 0 aromatic rings. The fourth-order valence-electron chi connectivity index (χ4n) is 3.86. The Hall–Kier alpha value is -0.0800. The van der Waals surface area contributed by atoms with Crippen molar-refractivity contribution in [1.82, 2.24) is 10.2 Å². The Labute approximate surface area is 114 Å². The van der Waals surface area contributed by atoms with Crippen molar-refractivity contribution in [1.29, 1.82) is 0 Å². The molecule has 1 saturated carbocycles. The molecular weight excluding hydrogens is 220 g/mol. The lowest BCUT2D eigenvalue weighted by molar-refractivity contribution is 0.0130. The number of nitrogens with one attached hydrogen (secondary N) is 1. The van der Waals surface area contributed by atoms with Gasteiger partial charge in [-0.05, 0) is 46.0 Å². The summed E-state index contributed by atoms with van der Waals surface area (Å²) in [5.41, 5.74) is 0.320. The van der Waals surface area contributed by atoms with Gasteiger partial charge in [0.15, 0.2) is 0 Å². The minimum atomic E-state index is 0.320. The van der Waals surface area contributed by atoms with Crippen LogP contribution in [0.1, 0.15) is 66.2 Å². The maximum atomic E-state index is 3.85. The highest BCUT2D eigenvalue weighted by Gasteiger charge is 2.38.